The molecule has 3 nitrogen and oxygen atoms in total. The molecule has 3 rings (SSSR count). The fourth-order valence-electron chi connectivity index (χ4n) is 2.29. The van der Waals surface area contributed by atoms with Crippen LogP contribution in [0.15, 0.2) is 30.3 Å². The van der Waals surface area contributed by atoms with Crippen molar-refractivity contribution < 1.29 is 14.3 Å². The molecule has 1 saturated heterocycles. The van der Waals surface area contributed by atoms with Gasteiger partial charge in [0.15, 0.2) is 0 Å². The van der Waals surface area contributed by atoms with E-state index in [4.69, 9.17) is 9.47 Å². The van der Waals surface area contributed by atoms with E-state index in [9.17, 15) is 4.79 Å². The van der Waals surface area contributed by atoms with Crippen molar-refractivity contribution in [1.29, 1.82) is 0 Å². The summed E-state index contributed by atoms with van der Waals surface area (Å²) in [7, 11) is 0. The van der Waals surface area contributed by atoms with Crippen LogP contribution in [0.5, 0.6) is 0 Å². The van der Waals surface area contributed by atoms with Gasteiger partial charge in [0.25, 0.3) is 0 Å². The van der Waals surface area contributed by atoms with Crippen LogP contribution in [0.1, 0.15) is 18.4 Å². The van der Waals surface area contributed by atoms with E-state index in [1.807, 2.05) is 30.3 Å². The molecule has 1 aromatic carbocycles. The van der Waals surface area contributed by atoms with Crippen LogP contribution in [-0.2, 0) is 20.9 Å². The van der Waals surface area contributed by atoms with Crippen molar-refractivity contribution >= 4 is 5.97 Å². The Kier molecular flexibility index (Phi) is 2.40. The predicted octanol–water partition coefficient (Wildman–Crippen LogP) is 1.91. The highest BCUT2D eigenvalue weighted by molar-refractivity contribution is 5.73. The highest BCUT2D eigenvalue weighted by Crippen LogP contribution is 2.42. The number of hydrogen-bond acceptors (Lipinski definition) is 3. The van der Waals surface area contributed by atoms with Crippen LogP contribution in [0.3, 0.4) is 0 Å². The molecule has 2 fully saturated rings. The first-order valence-corrected chi connectivity index (χ1v) is 5.69. The normalized spacial score (nSPS) is 30.9. The lowest BCUT2D eigenvalue weighted by Gasteiger charge is -2.11. The van der Waals surface area contributed by atoms with Crippen LogP contribution in [0, 0.1) is 5.92 Å². The number of fused-ring (bicyclic) bond motifs is 1. The summed E-state index contributed by atoms with van der Waals surface area (Å²) in [6.07, 6.45) is 2.37. The van der Waals surface area contributed by atoms with Crippen LogP contribution in [0.2, 0.25) is 0 Å². The quantitative estimate of drug-likeness (QED) is 0.574. The van der Waals surface area contributed by atoms with E-state index in [1.54, 1.807) is 0 Å². The number of carbonyl (C=O) groups excluding carboxylic acids is 1. The second-order valence-electron chi connectivity index (χ2n) is 4.47. The molecule has 1 saturated carbocycles. The summed E-state index contributed by atoms with van der Waals surface area (Å²) in [5, 5.41) is 0. The number of benzene rings is 1. The summed E-state index contributed by atoms with van der Waals surface area (Å²) in [6.45, 7) is 0.381. The Hall–Kier alpha value is -1.35. The maximum absolute atomic E-state index is 11.7. The SMILES string of the molecule is O=C(OCc1ccccc1)C1CC2O[C@@H]2C1. The molecule has 2 unspecified atom stereocenters. The number of ether oxygens (including phenoxy) is 2. The summed E-state index contributed by atoms with van der Waals surface area (Å²) in [6, 6.07) is 9.77. The molecule has 0 spiro atoms. The fraction of sp³-hybridized carbons (Fsp3) is 0.462. The van der Waals surface area contributed by atoms with Crippen LogP contribution in [0.4, 0.5) is 0 Å². The van der Waals surface area contributed by atoms with E-state index in [-0.39, 0.29) is 11.9 Å². The van der Waals surface area contributed by atoms with Gasteiger partial charge in [-0.15, -0.1) is 0 Å². The van der Waals surface area contributed by atoms with Gasteiger partial charge in [-0.2, -0.15) is 0 Å². The molecule has 0 bridgehead atoms. The lowest BCUT2D eigenvalue weighted by Crippen LogP contribution is -2.17. The largest absolute Gasteiger partial charge is 0.461 e. The third kappa shape index (κ3) is 1.95. The maximum Gasteiger partial charge on any atom is 0.309 e. The van der Waals surface area contributed by atoms with E-state index in [0.29, 0.717) is 18.8 Å². The van der Waals surface area contributed by atoms with Gasteiger partial charge in [-0.25, -0.2) is 0 Å². The maximum atomic E-state index is 11.7. The molecule has 1 aromatic rings. The molecular formula is C13H14O3. The topological polar surface area (TPSA) is 38.8 Å². The van der Waals surface area contributed by atoms with Crippen molar-refractivity contribution in [2.24, 2.45) is 5.92 Å². The zero-order valence-electron chi connectivity index (χ0n) is 8.96. The second kappa shape index (κ2) is 3.91. The lowest BCUT2D eigenvalue weighted by atomic mass is 10.1. The minimum atomic E-state index is -0.0698. The molecule has 84 valence electrons. The van der Waals surface area contributed by atoms with Crippen molar-refractivity contribution in [3.63, 3.8) is 0 Å². The Morgan fingerprint density at radius 3 is 2.62 bits per heavy atom. The van der Waals surface area contributed by atoms with Crippen LogP contribution in [0.25, 0.3) is 0 Å². The molecular weight excluding hydrogens is 204 g/mol. The molecule has 3 heteroatoms. The van der Waals surface area contributed by atoms with Crippen molar-refractivity contribution in [1.82, 2.24) is 0 Å². The van der Waals surface area contributed by atoms with Crippen molar-refractivity contribution in [3.05, 3.63) is 35.9 Å². The molecule has 0 radical (unpaired) electrons. The fourth-order valence-corrected chi connectivity index (χ4v) is 2.29. The van der Waals surface area contributed by atoms with Gasteiger partial charge in [-0.1, -0.05) is 30.3 Å². The minimum absolute atomic E-state index is 0.0625. The van der Waals surface area contributed by atoms with Crippen molar-refractivity contribution in [2.45, 2.75) is 31.7 Å². The third-order valence-corrected chi connectivity index (χ3v) is 3.28. The standard InChI is InChI=1S/C13H14O3/c14-13(10-6-11-12(7-10)16-11)15-8-9-4-2-1-3-5-9/h1-5,10-12H,6-8H2/t10?,11-,12?/m1/s1. The smallest absolute Gasteiger partial charge is 0.309 e. The Balaban J connectivity index is 1.50. The molecule has 2 aliphatic rings. The number of epoxide rings is 1. The van der Waals surface area contributed by atoms with Gasteiger partial charge in [0.05, 0.1) is 18.1 Å². The number of carbonyl (C=O) groups is 1. The molecule has 0 amide bonds. The van der Waals surface area contributed by atoms with E-state index < -0.39 is 0 Å². The second-order valence-corrected chi connectivity index (χ2v) is 4.47. The predicted molar refractivity (Wildman–Crippen MR) is 57.6 cm³/mol. The Morgan fingerprint density at radius 2 is 1.94 bits per heavy atom. The molecule has 1 aliphatic heterocycles. The highest BCUT2D eigenvalue weighted by Gasteiger charge is 2.50. The van der Waals surface area contributed by atoms with Crippen LogP contribution >= 0.6 is 0 Å². The minimum Gasteiger partial charge on any atom is -0.461 e. The van der Waals surface area contributed by atoms with Gasteiger partial charge in [0.1, 0.15) is 6.61 Å². The average Bonchev–Trinajstić information content (AvgIpc) is 2.94. The van der Waals surface area contributed by atoms with Gasteiger partial charge >= 0.3 is 5.97 Å². The molecule has 16 heavy (non-hydrogen) atoms. The molecule has 0 aromatic heterocycles. The third-order valence-electron chi connectivity index (χ3n) is 3.28. The molecule has 1 heterocycles. The summed E-state index contributed by atoms with van der Waals surface area (Å²) in [5.41, 5.74) is 1.04. The summed E-state index contributed by atoms with van der Waals surface area (Å²) in [4.78, 5) is 11.7. The Bertz CT molecular complexity index is 377. The van der Waals surface area contributed by atoms with Gasteiger partial charge < -0.3 is 9.47 Å². The van der Waals surface area contributed by atoms with Crippen molar-refractivity contribution in [2.75, 3.05) is 0 Å². The van der Waals surface area contributed by atoms with E-state index >= 15 is 0 Å². The van der Waals surface area contributed by atoms with E-state index in [1.165, 1.54) is 0 Å². The highest BCUT2D eigenvalue weighted by atomic mass is 16.6. The average molecular weight is 218 g/mol. The van der Waals surface area contributed by atoms with Gasteiger partial charge in [0.2, 0.25) is 0 Å². The zero-order valence-corrected chi connectivity index (χ0v) is 8.96. The number of hydrogen-bond donors (Lipinski definition) is 0. The monoisotopic (exact) mass is 218 g/mol. The Labute approximate surface area is 94.4 Å². The lowest BCUT2D eigenvalue weighted by molar-refractivity contribution is -0.150. The van der Waals surface area contributed by atoms with Gasteiger partial charge in [0, 0.05) is 0 Å². The molecule has 0 N–H and O–H groups in total. The molecule has 3 atom stereocenters. The number of esters is 1. The van der Waals surface area contributed by atoms with Gasteiger partial charge in [-0.05, 0) is 18.4 Å². The molecule has 1 aliphatic carbocycles. The van der Waals surface area contributed by atoms with Crippen LogP contribution < -0.4 is 0 Å². The summed E-state index contributed by atoms with van der Waals surface area (Å²) < 4.78 is 10.6. The summed E-state index contributed by atoms with van der Waals surface area (Å²) in [5.74, 6) is -0.00730. The first kappa shape index (κ1) is 9.85. The van der Waals surface area contributed by atoms with Crippen LogP contribution in [-0.4, -0.2) is 18.2 Å². The van der Waals surface area contributed by atoms with Crippen molar-refractivity contribution in [3.8, 4) is 0 Å². The number of rotatable bonds is 3. The first-order valence-electron chi connectivity index (χ1n) is 5.69. The van der Waals surface area contributed by atoms with E-state index in [2.05, 4.69) is 0 Å². The Morgan fingerprint density at radius 1 is 1.25 bits per heavy atom. The zero-order chi connectivity index (χ0) is 11.0. The van der Waals surface area contributed by atoms with E-state index in [0.717, 1.165) is 18.4 Å². The summed E-state index contributed by atoms with van der Waals surface area (Å²) >= 11 is 0. The first-order chi connectivity index (χ1) is 7.83. The van der Waals surface area contributed by atoms with Gasteiger partial charge in [-0.3, -0.25) is 4.79 Å².